The van der Waals surface area contributed by atoms with Gasteiger partial charge in [0.2, 0.25) is 0 Å². The number of benzene rings is 3. The lowest BCUT2D eigenvalue weighted by Gasteiger charge is -2.27. The molecule has 0 amide bonds. The van der Waals surface area contributed by atoms with E-state index in [0.29, 0.717) is 35.2 Å². The highest BCUT2D eigenvalue weighted by Crippen LogP contribution is 2.35. The quantitative estimate of drug-likeness (QED) is 0.338. The first kappa shape index (κ1) is 21.7. The summed E-state index contributed by atoms with van der Waals surface area (Å²) in [7, 11) is 0. The van der Waals surface area contributed by atoms with Gasteiger partial charge in [0.15, 0.2) is 5.78 Å². The Balaban J connectivity index is 1.54. The van der Waals surface area contributed by atoms with Crippen LogP contribution in [-0.4, -0.2) is 21.7 Å². The molecule has 5 nitrogen and oxygen atoms in total. The standard InChI is InChI=1S/C29H24N2O3/c1-29(2)17-22(32)16-23(18-29)34-28(33)21-13-14-24-25(15-21)31-27(20-11-7-4-8-12-20)26(30-24)19-9-5-3-6-10-19/h3-16H,17-18H2,1-2H3. The third-order valence-corrected chi connectivity index (χ3v) is 5.85. The number of fused-ring (bicyclic) bond motifs is 1. The van der Waals surface area contributed by atoms with Gasteiger partial charge in [-0.05, 0) is 23.6 Å². The zero-order valence-electron chi connectivity index (χ0n) is 19.1. The van der Waals surface area contributed by atoms with Crippen LogP contribution < -0.4 is 0 Å². The molecule has 0 fully saturated rings. The van der Waals surface area contributed by atoms with E-state index in [1.54, 1.807) is 18.2 Å². The van der Waals surface area contributed by atoms with Gasteiger partial charge < -0.3 is 4.74 Å². The molecule has 1 aliphatic carbocycles. The molecule has 0 radical (unpaired) electrons. The highest BCUT2D eigenvalue weighted by molar-refractivity contribution is 5.96. The van der Waals surface area contributed by atoms with Crippen molar-refractivity contribution in [3.63, 3.8) is 0 Å². The molecule has 4 aromatic rings. The third kappa shape index (κ3) is 4.50. The highest BCUT2D eigenvalue weighted by Gasteiger charge is 2.29. The van der Waals surface area contributed by atoms with E-state index in [4.69, 9.17) is 14.7 Å². The Labute approximate surface area is 198 Å². The van der Waals surface area contributed by atoms with Gasteiger partial charge in [-0.25, -0.2) is 14.8 Å². The van der Waals surface area contributed by atoms with Crippen molar-refractivity contribution in [1.29, 1.82) is 0 Å². The number of allylic oxidation sites excluding steroid dienone is 2. The molecule has 3 aromatic carbocycles. The van der Waals surface area contributed by atoms with Gasteiger partial charge in [-0.3, -0.25) is 4.79 Å². The summed E-state index contributed by atoms with van der Waals surface area (Å²) in [5.41, 5.74) is 4.85. The van der Waals surface area contributed by atoms with Crippen LogP contribution in [0.3, 0.4) is 0 Å². The van der Waals surface area contributed by atoms with E-state index < -0.39 is 5.97 Å². The predicted octanol–water partition coefficient (Wildman–Crippen LogP) is 6.39. The molecule has 1 heterocycles. The molecular weight excluding hydrogens is 424 g/mol. The average molecular weight is 449 g/mol. The highest BCUT2D eigenvalue weighted by atomic mass is 16.5. The Kier molecular flexibility index (Phi) is 5.54. The first-order chi connectivity index (χ1) is 16.4. The van der Waals surface area contributed by atoms with Crippen LogP contribution in [0.4, 0.5) is 0 Å². The van der Waals surface area contributed by atoms with Crippen LogP contribution in [0.15, 0.2) is 90.7 Å². The second-order valence-corrected chi connectivity index (χ2v) is 9.34. The predicted molar refractivity (Wildman–Crippen MR) is 132 cm³/mol. The Hall–Kier alpha value is -4.12. The fourth-order valence-corrected chi connectivity index (χ4v) is 4.31. The maximum Gasteiger partial charge on any atom is 0.343 e. The van der Waals surface area contributed by atoms with E-state index in [2.05, 4.69) is 0 Å². The van der Waals surface area contributed by atoms with Crippen LogP contribution in [-0.2, 0) is 9.53 Å². The van der Waals surface area contributed by atoms with Crippen molar-refractivity contribution in [3.05, 3.63) is 96.3 Å². The van der Waals surface area contributed by atoms with Crippen molar-refractivity contribution < 1.29 is 14.3 Å². The van der Waals surface area contributed by atoms with Crippen LogP contribution in [0.25, 0.3) is 33.5 Å². The number of ketones is 1. The number of esters is 1. The summed E-state index contributed by atoms with van der Waals surface area (Å²) in [5.74, 6) is -0.125. The summed E-state index contributed by atoms with van der Waals surface area (Å²) in [6.07, 6.45) is 2.42. The van der Waals surface area contributed by atoms with Crippen LogP contribution in [0, 0.1) is 5.41 Å². The van der Waals surface area contributed by atoms with Crippen LogP contribution >= 0.6 is 0 Å². The summed E-state index contributed by atoms with van der Waals surface area (Å²) in [4.78, 5) is 34.7. The molecule has 0 unspecified atom stereocenters. The van der Waals surface area contributed by atoms with Crippen molar-refractivity contribution in [2.75, 3.05) is 0 Å². The number of carbonyl (C=O) groups is 2. The summed E-state index contributed by atoms with van der Waals surface area (Å²) >= 11 is 0. The number of hydrogen-bond acceptors (Lipinski definition) is 5. The minimum Gasteiger partial charge on any atom is -0.427 e. The lowest BCUT2D eigenvalue weighted by molar-refractivity contribution is -0.117. The summed E-state index contributed by atoms with van der Waals surface area (Å²) in [5, 5.41) is 0. The number of aromatic nitrogens is 2. The molecule has 5 rings (SSSR count). The van der Waals surface area contributed by atoms with Crippen LogP contribution in [0.1, 0.15) is 37.0 Å². The maximum absolute atomic E-state index is 12.9. The first-order valence-electron chi connectivity index (χ1n) is 11.3. The Morgan fingerprint density at radius 1 is 0.794 bits per heavy atom. The Morgan fingerprint density at radius 3 is 1.97 bits per heavy atom. The molecule has 1 aliphatic rings. The van der Waals surface area contributed by atoms with Gasteiger partial charge in [-0.2, -0.15) is 0 Å². The number of nitrogens with zero attached hydrogens (tertiary/aromatic N) is 2. The molecule has 0 saturated heterocycles. The second kappa shape index (κ2) is 8.67. The fraction of sp³-hybridized carbons (Fsp3) is 0.172. The van der Waals surface area contributed by atoms with Crippen molar-refractivity contribution in [2.45, 2.75) is 26.7 Å². The molecule has 168 valence electrons. The van der Waals surface area contributed by atoms with E-state index in [0.717, 1.165) is 22.5 Å². The zero-order valence-corrected chi connectivity index (χ0v) is 19.1. The van der Waals surface area contributed by atoms with Crippen molar-refractivity contribution in [1.82, 2.24) is 9.97 Å². The van der Waals surface area contributed by atoms with Crippen LogP contribution in [0.2, 0.25) is 0 Å². The van der Waals surface area contributed by atoms with Gasteiger partial charge in [0.25, 0.3) is 0 Å². The number of rotatable bonds is 4. The van der Waals surface area contributed by atoms with Crippen molar-refractivity contribution >= 4 is 22.8 Å². The van der Waals surface area contributed by atoms with Gasteiger partial charge in [-0.15, -0.1) is 0 Å². The maximum atomic E-state index is 12.9. The van der Waals surface area contributed by atoms with E-state index in [1.165, 1.54) is 6.08 Å². The number of ether oxygens (including phenoxy) is 1. The van der Waals surface area contributed by atoms with Gasteiger partial charge in [0.05, 0.1) is 28.0 Å². The monoisotopic (exact) mass is 448 g/mol. The smallest absolute Gasteiger partial charge is 0.343 e. The molecular formula is C29H24N2O3. The zero-order chi connectivity index (χ0) is 23.7. The molecule has 0 spiro atoms. The molecule has 0 saturated carbocycles. The second-order valence-electron chi connectivity index (χ2n) is 9.34. The molecule has 0 bridgehead atoms. The van der Waals surface area contributed by atoms with E-state index in [1.807, 2.05) is 74.5 Å². The minimum atomic E-state index is -0.506. The summed E-state index contributed by atoms with van der Waals surface area (Å²) in [6, 6.07) is 25.0. The SMILES string of the molecule is CC1(C)CC(=O)C=C(OC(=O)c2ccc3nc(-c4ccccc4)c(-c4ccccc4)nc3c2)C1. The largest absolute Gasteiger partial charge is 0.427 e. The minimum absolute atomic E-state index is 0.0237. The fourth-order valence-electron chi connectivity index (χ4n) is 4.31. The summed E-state index contributed by atoms with van der Waals surface area (Å²) < 4.78 is 5.59. The Bertz CT molecular complexity index is 1420. The lowest BCUT2D eigenvalue weighted by atomic mass is 9.79. The number of hydrogen-bond donors (Lipinski definition) is 0. The molecule has 0 atom stereocenters. The van der Waals surface area contributed by atoms with Gasteiger partial charge in [-0.1, -0.05) is 74.5 Å². The molecule has 5 heteroatoms. The molecule has 34 heavy (non-hydrogen) atoms. The lowest BCUT2D eigenvalue weighted by Crippen LogP contribution is -2.23. The van der Waals surface area contributed by atoms with E-state index in [-0.39, 0.29) is 11.2 Å². The van der Waals surface area contributed by atoms with Gasteiger partial charge in [0.1, 0.15) is 5.76 Å². The van der Waals surface area contributed by atoms with Gasteiger partial charge in [0, 0.05) is 30.0 Å². The van der Waals surface area contributed by atoms with Crippen LogP contribution in [0.5, 0.6) is 0 Å². The van der Waals surface area contributed by atoms with Crippen molar-refractivity contribution in [3.8, 4) is 22.5 Å². The molecule has 0 N–H and O–H groups in total. The molecule has 1 aromatic heterocycles. The number of carbonyl (C=O) groups excluding carboxylic acids is 2. The topological polar surface area (TPSA) is 69.2 Å². The van der Waals surface area contributed by atoms with Gasteiger partial charge >= 0.3 is 5.97 Å². The third-order valence-electron chi connectivity index (χ3n) is 5.85. The van der Waals surface area contributed by atoms with Crippen molar-refractivity contribution in [2.24, 2.45) is 5.41 Å². The summed E-state index contributed by atoms with van der Waals surface area (Å²) in [6.45, 7) is 3.99. The molecule has 0 aliphatic heterocycles. The van der Waals surface area contributed by atoms with E-state index >= 15 is 0 Å². The normalized spacial score (nSPS) is 15.1. The Morgan fingerprint density at radius 2 is 1.38 bits per heavy atom. The average Bonchev–Trinajstić information content (AvgIpc) is 2.82. The first-order valence-corrected chi connectivity index (χ1v) is 11.3. The van der Waals surface area contributed by atoms with E-state index in [9.17, 15) is 9.59 Å².